The fourth-order valence-corrected chi connectivity index (χ4v) is 3.49. The quantitative estimate of drug-likeness (QED) is 0.942. The fourth-order valence-electron chi connectivity index (χ4n) is 3.49. The normalized spacial score (nSPS) is 21.1. The van der Waals surface area contributed by atoms with Crippen molar-refractivity contribution in [1.29, 1.82) is 0 Å². The first-order chi connectivity index (χ1) is 11.4. The lowest BCUT2D eigenvalue weighted by Crippen LogP contribution is -2.55. The van der Waals surface area contributed by atoms with E-state index in [1.165, 1.54) is 0 Å². The predicted octanol–water partition coefficient (Wildman–Crippen LogP) is 2.37. The lowest BCUT2D eigenvalue weighted by atomic mass is 10.1. The number of piperazine rings is 1. The van der Waals surface area contributed by atoms with Crippen molar-refractivity contribution in [2.45, 2.75) is 46.3 Å². The molecule has 3 rings (SSSR count). The molecule has 2 aromatic rings. The minimum Gasteiger partial charge on any atom is -0.336 e. The first-order valence-corrected chi connectivity index (χ1v) is 8.57. The molecule has 1 fully saturated rings. The maximum atomic E-state index is 12.8. The Labute approximate surface area is 143 Å². The molecule has 0 bridgehead atoms. The summed E-state index contributed by atoms with van der Waals surface area (Å²) in [6.07, 6.45) is 0. The third kappa shape index (κ3) is 3.67. The van der Waals surface area contributed by atoms with Crippen molar-refractivity contribution in [3.8, 4) is 0 Å². The standard InChI is InChI=1S/C19H26N4O/c1-13-8-16(4)23(21-13)12-17-6-5-7-18(9-17)19(24)22-10-14(2)20-15(3)11-22/h5-9,14-15,20H,10-12H2,1-4H3/t14-,15-/m1/s1. The predicted molar refractivity (Wildman–Crippen MR) is 95.2 cm³/mol. The lowest BCUT2D eigenvalue weighted by molar-refractivity contribution is 0.0673. The van der Waals surface area contributed by atoms with E-state index in [0.717, 1.165) is 35.6 Å². The molecule has 1 N–H and O–H groups in total. The highest BCUT2D eigenvalue weighted by atomic mass is 16.2. The van der Waals surface area contributed by atoms with Crippen molar-refractivity contribution in [3.05, 3.63) is 52.8 Å². The molecule has 2 atom stereocenters. The maximum Gasteiger partial charge on any atom is 0.253 e. The van der Waals surface area contributed by atoms with Crippen molar-refractivity contribution in [2.75, 3.05) is 13.1 Å². The summed E-state index contributed by atoms with van der Waals surface area (Å²) in [6, 6.07) is 10.6. The molecule has 5 nitrogen and oxygen atoms in total. The molecule has 0 aliphatic carbocycles. The number of aryl methyl sites for hydroxylation is 2. The smallest absolute Gasteiger partial charge is 0.253 e. The summed E-state index contributed by atoms with van der Waals surface area (Å²) in [7, 11) is 0. The van der Waals surface area contributed by atoms with E-state index in [-0.39, 0.29) is 5.91 Å². The van der Waals surface area contributed by atoms with E-state index in [1.54, 1.807) is 0 Å². The highest BCUT2D eigenvalue weighted by Crippen LogP contribution is 2.14. The van der Waals surface area contributed by atoms with Gasteiger partial charge in [-0.1, -0.05) is 12.1 Å². The number of hydrogen-bond acceptors (Lipinski definition) is 3. The number of nitrogens with one attached hydrogen (secondary N) is 1. The van der Waals surface area contributed by atoms with Crippen LogP contribution in [0.3, 0.4) is 0 Å². The van der Waals surface area contributed by atoms with E-state index in [2.05, 4.69) is 43.3 Å². The van der Waals surface area contributed by atoms with Gasteiger partial charge in [-0.05, 0) is 51.5 Å². The average Bonchev–Trinajstić information content (AvgIpc) is 2.83. The lowest BCUT2D eigenvalue weighted by Gasteiger charge is -2.36. The number of hydrogen-bond donors (Lipinski definition) is 1. The van der Waals surface area contributed by atoms with Crippen LogP contribution in [0.5, 0.6) is 0 Å². The summed E-state index contributed by atoms with van der Waals surface area (Å²) in [4.78, 5) is 14.8. The van der Waals surface area contributed by atoms with Crippen molar-refractivity contribution in [1.82, 2.24) is 20.0 Å². The molecule has 5 heteroatoms. The Morgan fingerprint density at radius 1 is 1.21 bits per heavy atom. The van der Waals surface area contributed by atoms with Crippen LogP contribution >= 0.6 is 0 Å². The van der Waals surface area contributed by atoms with Gasteiger partial charge in [0.25, 0.3) is 5.91 Å². The first kappa shape index (κ1) is 16.7. The maximum absolute atomic E-state index is 12.8. The van der Waals surface area contributed by atoms with Crippen LogP contribution in [0.2, 0.25) is 0 Å². The molecule has 24 heavy (non-hydrogen) atoms. The van der Waals surface area contributed by atoms with Crippen LogP contribution in [0, 0.1) is 13.8 Å². The average molecular weight is 326 g/mol. The Morgan fingerprint density at radius 3 is 2.54 bits per heavy atom. The molecule has 2 heterocycles. The Hall–Kier alpha value is -2.14. The summed E-state index contributed by atoms with van der Waals surface area (Å²) in [5, 5.41) is 7.97. The van der Waals surface area contributed by atoms with Crippen LogP contribution in [0.15, 0.2) is 30.3 Å². The molecule has 1 amide bonds. The number of benzene rings is 1. The van der Waals surface area contributed by atoms with E-state index in [9.17, 15) is 4.79 Å². The molecule has 1 saturated heterocycles. The van der Waals surface area contributed by atoms with Gasteiger partial charge in [0.1, 0.15) is 0 Å². The second-order valence-electron chi connectivity index (χ2n) is 6.96. The van der Waals surface area contributed by atoms with Gasteiger partial charge in [-0.25, -0.2) is 0 Å². The van der Waals surface area contributed by atoms with Gasteiger partial charge in [0.05, 0.1) is 12.2 Å². The van der Waals surface area contributed by atoms with Crippen molar-refractivity contribution < 1.29 is 4.79 Å². The molecule has 0 spiro atoms. The SMILES string of the molecule is Cc1cc(C)n(Cc2cccc(C(=O)N3C[C@@H](C)N[C@H](C)C3)c2)n1. The minimum atomic E-state index is 0.116. The monoisotopic (exact) mass is 326 g/mol. The zero-order valence-electron chi connectivity index (χ0n) is 14.9. The molecular formula is C19H26N4O. The number of carbonyl (C=O) groups is 1. The molecular weight excluding hydrogens is 300 g/mol. The number of amides is 1. The minimum absolute atomic E-state index is 0.116. The van der Waals surface area contributed by atoms with Gasteiger partial charge in [0, 0.05) is 36.4 Å². The van der Waals surface area contributed by atoms with Gasteiger partial charge in [-0.15, -0.1) is 0 Å². The van der Waals surface area contributed by atoms with Crippen LogP contribution in [0.1, 0.15) is 41.2 Å². The topological polar surface area (TPSA) is 50.2 Å². The molecule has 0 unspecified atom stereocenters. The molecule has 1 aromatic heterocycles. The second kappa shape index (κ2) is 6.77. The van der Waals surface area contributed by atoms with Crippen LogP contribution in [-0.2, 0) is 6.54 Å². The van der Waals surface area contributed by atoms with Crippen LogP contribution in [-0.4, -0.2) is 45.8 Å². The van der Waals surface area contributed by atoms with Crippen LogP contribution in [0.4, 0.5) is 0 Å². The largest absolute Gasteiger partial charge is 0.336 e. The second-order valence-corrected chi connectivity index (χ2v) is 6.96. The number of aromatic nitrogens is 2. The van der Waals surface area contributed by atoms with Crippen molar-refractivity contribution in [2.24, 2.45) is 0 Å². The van der Waals surface area contributed by atoms with Gasteiger partial charge in [-0.3, -0.25) is 9.48 Å². The number of nitrogens with zero attached hydrogens (tertiary/aromatic N) is 3. The third-order valence-electron chi connectivity index (χ3n) is 4.45. The van der Waals surface area contributed by atoms with E-state index in [0.29, 0.717) is 18.6 Å². The highest BCUT2D eigenvalue weighted by molar-refractivity contribution is 5.94. The Balaban J connectivity index is 1.77. The summed E-state index contributed by atoms with van der Waals surface area (Å²) < 4.78 is 1.98. The van der Waals surface area contributed by atoms with Gasteiger partial charge in [0.15, 0.2) is 0 Å². The van der Waals surface area contributed by atoms with Gasteiger partial charge in [0.2, 0.25) is 0 Å². The summed E-state index contributed by atoms with van der Waals surface area (Å²) in [5.41, 5.74) is 4.01. The van der Waals surface area contributed by atoms with E-state index < -0.39 is 0 Å². The van der Waals surface area contributed by atoms with Crippen LogP contribution < -0.4 is 5.32 Å². The molecule has 1 aliphatic rings. The van der Waals surface area contributed by atoms with Gasteiger partial charge >= 0.3 is 0 Å². The fraction of sp³-hybridized carbons (Fsp3) is 0.474. The molecule has 128 valence electrons. The Morgan fingerprint density at radius 2 is 1.92 bits per heavy atom. The number of carbonyl (C=O) groups excluding carboxylic acids is 1. The van der Waals surface area contributed by atoms with E-state index in [1.807, 2.05) is 34.7 Å². The van der Waals surface area contributed by atoms with E-state index in [4.69, 9.17) is 0 Å². The summed E-state index contributed by atoms with van der Waals surface area (Å²) in [5.74, 6) is 0.116. The third-order valence-corrected chi connectivity index (χ3v) is 4.45. The first-order valence-electron chi connectivity index (χ1n) is 8.57. The van der Waals surface area contributed by atoms with E-state index >= 15 is 0 Å². The molecule has 1 aromatic carbocycles. The van der Waals surface area contributed by atoms with Crippen LogP contribution in [0.25, 0.3) is 0 Å². The van der Waals surface area contributed by atoms with Gasteiger partial charge < -0.3 is 10.2 Å². The zero-order chi connectivity index (χ0) is 17.3. The summed E-state index contributed by atoms with van der Waals surface area (Å²) in [6.45, 7) is 10.5. The zero-order valence-corrected chi connectivity index (χ0v) is 14.9. The van der Waals surface area contributed by atoms with Crippen molar-refractivity contribution >= 4 is 5.91 Å². The van der Waals surface area contributed by atoms with Gasteiger partial charge in [-0.2, -0.15) is 5.10 Å². The molecule has 0 radical (unpaired) electrons. The Kier molecular flexibility index (Phi) is 4.71. The number of rotatable bonds is 3. The summed E-state index contributed by atoms with van der Waals surface area (Å²) >= 11 is 0. The molecule has 1 aliphatic heterocycles. The highest BCUT2D eigenvalue weighted by Gasteiger charge is 2.25. The van der Waals surface area contributed by atoms with Crippen molar-refractivity contribution in [3.63, 3.8) is 0 Å². The Bertz CT molecular complexity index is 727. The molecule has 0 saturated carbocycles.